The molecule has 1 saturated heterocycles. The van der Waals surface area contributed by atoms with Gasteiger partial charge in [-0.3, -0.25) is 4.79 Å². The smallest absolute Gasteiger partial charge is 0.335 e. The summed E-state index contributed by atoms with van der Waals surface area (Å²) in [5, 5.41) is 11.6. The van der Waals surface area contributed by atoms with Gasteiger partial charge in [-0.25, -0.2) is 4.79 Å². The van der Waals surface area contributed by atoms with E-state index >= 15 is 0 Å². The number of anilines is 1. The van der Waals surface area contributed by atoms with Crippen LogP contribution in [0.4, 0.5) is 5.69 Å². The second kappa shape index (κ2) is 9.57. The van der Waals surface area contributed by atoms with Crippen LogP contribution in [0.3, 0.4) is 0 Å². The van der Waals surface area contributed by atoms with Crippen LogP contribution in [0.25, 0.3) is 0 Å². The number of amides is 1. The molecule has 126 valence electrons. The van der Waals surface area contributed by atoms with Crippen molar-refractivity contribution in [2.24, 2.45) is 0 Å². The normalized spacial score (nSPS) is 15.8. The summed E-state index contributed by atoms with van der Waals surface area (Å²) in [4.78, 5) is 25.1. The third-order valence-corrected chi connectivity index (χ3v) is 4.84. The molecule has 23 heavy (non-hydrogen) atoms. The average Bonchev–Trinajstić information content (AvgIpc) is 2.81. The molecule has 0 unspecified atom stereocenters. The van der Waals surface area contributed by atoms with Gasteiger partial charge < -0.3 is 15.3 Å². The molecule has 0 radical (unpaired) electrons. The summed E-state index contributed by atoms with van der Waals surface area (Å²) in [7, 11) is 0. The average molecular weight is 336 g/mol. The highest BCUT2D eigenvalue weighted by molar-refractivity contribution is 7.99. The Labute approximate surface area is 141 Å². The minimum Gasteiger partial charge on any atom is -0.478 e. The zero-order valence-corrected chi connectivity index (χ0v) is 14.1. The van der Waals surface area contributed by atoms with Gasteiger partial charge >= 0.3 is 5.97 Å². The number of carboxylic acid groups (broad SMARTS) is 1. The fourth-order valence-corrected chi connectivity index (χ4v) is 3.40. The summed E-state index contributed by atoms with van der Waals surface area (Å²) >= 11 is 1.64. The number of nitrogens with zero attached hydrogens (tertiary/aromatic N) is 1. The maximum atomic E-state index is 11.9. The molecule has 0 atom stereocenters. The molecular weight excluding hydrogens is 312 g/mol. The Morgan fingerprint density at radius 2 is 1.74 bits per heavy atom. The van der Waals surface area contributed by atoms with E-state index in [-0.39, 0.29) is 11.5 Å². The third-order valence-electron chi connectivity index (χ3n) is 3.90. The SMILES string of the molecule is O=C(CSCCN1CCCCCC1)Nc1ccc(C(=O)O)cc1. The quantitative estimate of drug-likeness (QED) is 0.749. The number of thioether (sulfide) groups is 1. The first-order valence-electron chi connectivity index (χ1n) is 8.08. The molecule has 0 bridgehead atoms. The van der Waals surface area contributed by atoms with Gasteiger partial charge in [0.2, 0.25) is 5.91 Å². The van der Waals surface area contributed by atoms with Crippen molar-refractivity contribution >= 4 is 29.3 Å². The minimum atomic E-state index is -0.966. The number of benzene rings is 1. The fourth-order valence-electron chi connectivity index (χ4n) is 2.61. The van der Waals surface area contributed by atoms with E-state index in [2.05, 4.69) is 10.2 Å². The maximum absolute atomic E-state index is 11.9. The van der Waals surface area contributed by atoms with Crippen molar-refractivity contribution in [3.63, 3.8) is 0 Å². The summed E-state index contributed by atoms with van der Waals surface area (Å²) in [5.74, 6) is 0.376. The minimum absolute atomic E-state index is 0.0473. The van der Waals surface area contributed by atoms with Crippen LogP contribution in [0.15, 0.2) is 24.3 Å². The van der Waals surface area contributed by atoms with Crippen molar-refractivity contribution < 1.29 is 14.7 Å². The van der Waals surface area contributed by atoms with Crippen LogP contribution < -0.4 is 5.32 Å². The summed E-state index contributed by atoms with van der Waals surface area (Å²) in [6.45, 7) is 3.41. The molecule has 2 rings (SSSR count). The van der Waals surface area contributed by atoms with E-state index in [1.54, 1.807) is 23.9 Å². The van der Waals surface area contributed by atoms with Crippen molar-refractivity contribution in [2.75, 3.05) is 36.5 Å². The van der Waals surface area contributed by atoms with E-state index in [1.165, 1.54) is 50.9 Å². The summed E-state index contributed by atoms with van der Waals surface area (Å²) in [6, 6.07) is 6.21. The van der Waals surface area contributed by atoms with Crippen LogP contribution in [-0.2, 0) is 4.79 Å². The second-order valence-corrected chi connectivity index (χ2v) is 6.84. The van der Waals surface area contributed by atoms with Crippen molar-refractivity contribution in [3.8, 4) is 0 Å². The lowest BCUT2D eigenvalue weighted by Crippen LogP contribution is -2.27. The number of nitrogens with one attached hydrogen (secondary N) is 1. The molecule has 2 N–H and O–H groups in total. The largest absolute Gasteiger partial charge is 0.478 e. The maximum Gasteiger partial charge on any atom is 0.335 e. The molecule has 0 aliphatic carbocycles. The predicted octanol–water partition coefficient (Wildman–Crippen LogP) is 2.93. The molecule has 1 aliphatic heterocycles. The number of carbonyl (C=O) groups excluding carboxylic acids is 1. The van der Waals surface area contributed by atoms with Gasteiger partial charge in [-0.15, -0.1) is 0 Å². The Morgan fingerprint density at radius 1 is 1.09 bits per heavy atom. The van der Waals surface area contributed by atoms with E-state index in [1.807, 2.05) is 0 Å². The Morgan fingerprint density at radius 3 is 2.35 bits per heavy atom. The first kappa shape index (κ1) is 17.8. The molecule has 1 amide bonds. The number of hydrogen-bond acceptors (Lipinski definition) is 4. The van der Waals surface area contributed by atoms with Crippen LogP contribution in [-0.4, -0.2) is 53.0 Å². The lowest BCUT2D eigenvalue weighted by molar-refractivity contribution is -0.113. The van der Waals surface area contributed by atoms with Gasteiger partial charge in [0, 0.05) is 18.0 Å². The van der Waals surface area contributed by atoms with Gasteiger partial charge in [-0.05, 0) is 50.2 Å². The monoisotopic (exact) mass is 336 g/mol. The number of hydrogen-bond donors (Lipinski definition) is 2. The zero-order valence-electron chi connectivity index (χ0n) is 13.3. The summed E-state index contributed by atoms with van der Waals surface area (Å²) in [5.41, 5.74) is 0.850. The van der Waals surface area contributed by atoms with E-state index in [0.29, 0.717) is 11.4 Å². The summed E-state index contributed by atoms with van der Waals surface area (Å²) < 4.78 is 0. The number of carboxylic acids is 1. The summed E-state index contributed by atoms with van der Waals surface area (Å²) in [6.07, 6.45) is 5.26. The van der Waals surface area contributed by atoms with Crippen LogP contribution in [0.1, 0.15) is 36.0 Å². The second-order valence-electron chi connectivity index (χ2n) is 5.74. The molecule has 1 aromatic carbocycles. The first-order valence-corrected chi connectivity index (χ1v) is 9.24. The molecule has 1 heterocycles. The standard InChI is InChI=1S/C17H24N2O3S/c20-16(18-15-7-5-14(6-8-15)17(21)22)13-23-12-11-19-9-3-1-2-4-10-19/h5-8H,1-4,9-13H2,(H,18,20)(H,21,22). The zero-order chi connectivity index (χ0) is 16.5. The van der Waals surface area contributed by atoms with E-state index in [0.717, 1.165) is 12.3 Å². The Bertz CT molecular complexity index is 511. The molecule has 1 aromatic rings. The van der Waals surface area contributed by atoms with Gasteiger partial charge in [-0.1, -0.05) is 12.8 Å². The molecule has 6 heteroatoms. The number of rotatable bonds is 7. The van der Waals surface area contributed by atoms with Gasteiger partial charge in [-0.2, -0.15) is 11.8 Å². The molecular formula is C17H24N2O3S. The van der Waals surface area contributed by atoms with Gasteiger partial charge in [0.05, 0.1) is 11.3 Å². The molecule has 0 aromatic heterocycles. The number of carbonyl (C=O) groups is 2. The van der Waals surface area contributed by atoms with Crippen LogP contribution in [0.5, 0.6) is 0 Å². The third kappa shape index (κ3) is 6.62. The van der Waals surface area contributed by atoms with E-state index in [4.69, 9.17) is 5.11 Å². The Kier molecular flexibility index (Phi) is 7.42. The van der Waals surface area contributed by atoms with Crippen LogP contribution >= 0.6 is 11.8 Å². The van der Waals surface area contributed by atoms with Gasteiger partial charge in [0.25, 0.3) is 0 Å². The molecule has 1 aliphatic rings. The number of aromatic carboxylic acids is 1. The van der Waals surface area contributed by atoms with Crippen molar-refractivity contribution in [2.45, 2.75) is 25.7 Å². The Hall–Kier alpha value is -1.53. The van der Waals surface area contributed by atoms with E-state index < -0.39 is 5.97 Å². The number of likely N-dealkylation sites (tertiary alicyclic amines) is 1. The highest BCUT2D eigenvalue weighted by atomic mass is 32.2. The lowest BCUT2D eigenvalue weighted by atomic mass is 10.2. The molecule has 5 nitrogen and oxygen atoms in total. The Balaban J connectivity index is 1.63. The van der Waals surface area contributed by atoms with E-state index in [9.17, 15) is 9.59 Å². The van der Waals surface area contributed by atoms with Gasteiger partial charge in [0.1, 0.15) is 0 Å². The van der Waals surface area contributed by atoms with Crippen LogP contribution in [0, 0.1) is 0 Å². The van der Waals surface area contributed by atoms with Crippen molar-refractivity contribution in [3.05, 3.63) is 29.8 Å². The van der Waals surface area contributed by atoms with Crippen LogP contribution in [0.2, 0.25) is 0 Å². The molecule has 1 fully saturated rings. The van der Waals surface area contributed by atoms with Crippen molar-refractivity contribution in [1.29, 1.82) is 0 Å². The molecule has 0 spiro atoms. The highest BCUT2D eigenvalue weighted by Crippen LogP contribution is 2.12. The topological polar surface area (TPSA) is 69.6 Å². The van der Waals surface area contributed by atoms with Crippen molar-refractivity contribution in [1.82, 2.24) is 4.90 Å². The molecule has 0 saturated carbocycles. The highest BCUT2D eigenvalue weighted by Gasteiger charge is 2.09. The predicted molar refractivity (Wildman–Crippen MR) is 94.3 cm³/mol. The fraction of sp³-hybridized carbons (Fsp3) is 0.529. The van der Waals surface area contributed by atoms with Gasteiger partial charge in [0.15, 0.2) is 0 Å². The lowest BCUT2D eigenvalue weighted by Gasteiger charge is -2.19. The first-order chi connectivity index (χ1) is 11.1.